The van der Waals surface area contributed by atoms with Crippen LogP contribution in [0.2, 0.25) is 0 Å². The molecule has 0 aromatic heterocycles. The zero-order valence-electron chi connectivity index (χ0n) is 26.3. The third-order valence-corrected chi connectivity index (χ3v) is 9.88. The van der Waals surface area contributed by atoms with Crippen LogP contribution in [-0.2, 0) is 6.42 Å². The molecular weight excluding hydrogens is 534 g/mol. The summed E-state index contributed by atoms with van der Waals surface area (Å²) >= 11 is 0. The van der Waals surface area contributed by atoms with Crippen LogP contribution in [0.25, 0.3) is 5.70 Å². The van der Waals surface area contributed by atoms with Crippen LogP contribution in [0, 0.1) is 5.92 Å². The van der Waals surface area contributed by atoms with Crippen molar-refractivity contribution in [2.24, 2.45) is 5.92 Å². The van der Waals surface area contributed by atoms with E-state index in [0.717, 1.165) is 31.1 Å². The van der Waals surface area contributed by atoms with Crippen molar-refractivity contribution in [2.75, 3.05) is 39.3 Å². The van der Waals surface area contributed by atoms with Gasteiger partial charge in [0.1, 0.15) is 0 Å². The van der Waals surface area contributed by atoms with E-state index >= 15 is 0 Å². The first-order chi connectivity index (χ1) is 21.7. The fourth-order valence-electron chi connectivity index (χ4n) is 7.31. The Morgan fingerprint density at radius 1 is 0.682 bits per heavy atom. The Balaban J connectivity index is 1.03. The van der Waals surface area contributed by atoms with Crippen molar-refractivity contribution in [2.45, 2.75) is 50.5 Å². The highest BCUT2D eigenvalue weighted by Gasteiger charge is 2.25. The van der Waals surface area contributed by atoms with Gasteiger partial charge < -0.3 is 10.2 Å². The Hall–Kier alpha value is -3.66. The third-order valence-electron chi connectivity index (χ3n) is 9.88. The van der Waals surface area contributed by atoms with Crippen LogP contribution in [0.3, 0.4) is 0 Å². The second-order valence-corrected chi connectivity index (χ2v) is 12.9. The molecule has 3 heteroatoms. The molecule has 4 aromatic carbocycles. The van der Waals surface area contributed by atoms with Crippen LogP contribution in [0.4, 0.5) is 0 Å². The van der Waals surface area contributed by atoms with Crippen LogP contribution in [0.15, 0.2) is 122 Å². The van der Waals surface area contributed by atoms with E-state index in [1.54, 1.807) is 0 Å². The van der Waals surface area contributed by atoms with Crippen molar-refractivity contribution in [3.05, 3.63) is 150 Å². The Kier molecular flexibility index (Phi) is 10.6. The molecule has 1 N–H and O–H groups in total. The minimum absolute atomic E-state index is 0.380. The van der Waals surface area contributed by atoms with E-state index in [1.807, 2.05) is 0 Å². The number of rotatable bonds is 12. The topological polar surface area (TPSA) is 18.5 Å². The van der Waals surface area contributed by atoms with Crippen molar-refractivity contribution < 1.29 is 0 Å². The standard InChI is InChI=1S/C41H49N3/c1-33(42-31-41(38-20-10-4-11-21-38)44-25-12-5-13-26-44)39-22-14-15-35(30-39)29-34-23-27-43(28-24-34)32-40(36-16-6-2-7-17-36)37-18-8-3-9-19-37/h2-4,6-11,14-22,30,34,40-42H,1,5,12-13,23-29,31-32H2. The lowest BCUT2D eigenvalue weighted by Gasteiger charge is -2.35. The summed E-state index contributed by atoms with van der Waals surface area (Å²) in [5, 5.41) is 3.73. The first-order valence-corrected chi connectivity index (χ1v) is 16.9. The molecule has 0 radical (unpaired) electrons. The molecule has 0 spiro atoms. The number of hydrogen-bond acceptors (Lipinski definition) is 3. The predicted octanol–water partition coefficient (Wildman–Crippen LogP) is 8.56. The number of benzene rings is 4. The Bertz CT molecular complexity index is 1380. The molecule has 2 fully saturated rings. The van der Waals surface area contributed by atoms with Gasteiger partial charge in [-0.05, 0) is 98.1 Å². The summed E-state index contributed by atoms with van der Waals surface area (Å²) in [6, 6.07) is 42.6. The van der Waals surface area contributed by atoms with E-state index in [4.69, 9.17) is 0 Å². The van der Waals surface area contributed by atoms with Crippen molar-refractivity contribution in [1.82, 2.24) is 15.1 Å². The molecular formula is C41H49N3. The quantitative estimate of drug-likeness (QED) is 0.180. The molecule has 44 heavy (non-hydrogen) atoms. The minimum Gasteiger partial charge on any atom is -0.383 e. The molecule has 6 rings (SSSR count). The largest absolute Gasteiger partial charge is 0.383 e. The monoisotopic (exact) mass is 583 g/mol. The van der Waals surface area contributed by atoms with Crippen LogP contribution >= 0.6 is 0 Å². The number of likely N-dealkylation sites (tertiary alicyclic amines) is 2. The van der Waals surface area contributed by atoms with Gasteiger partial charge in [-0.25, -0.2) is 0 Å². The average Bonchev–Trinajstić information content (AvgIpc) is 3.10. The normalized spacial score (nSPS) is 17.4. The zero-order chi connectivity index (χ0) is 30.0. The summed E-state index contributed by atoms with van der Waals surface area (Å²) in [5.41, 5.74) is 7.92. The average molecular weight is 584 g/mol. The molecule has 4 aromatic rings. The van der Waals surface area contributed by atoms with Gasteiger partial charge in [0.05, 0.1) is 6.04 Å². The molecule has 2 aliphatic rings. The van der Waals surface area contributed by atoms with Crippen LogP contribution in [0.5, 0.6) is 0 Å². The molecule has 1 unspecified atom stereocenters. The lowest BCUT2D eigenvalue weighted by molar-refractivity contribution is 0.164. The number of hydrogen-bond donors (Lipinski definition) is 1. The summed E-state index contributed by atoms with van der Waals surface area (Å²) in [4.78, 5) is 5.35. The highest BCUT2D eigenvalue weighted by atomic mass is 15.2. The number of piperidine rings is 2. The van der Waals surface area contributed by atoms with Gasteiger partial charge in [0.2, 0.25) is 0 Å². The summed E-state index contributed by atoms with van der Waals surface area (Å²) in [6.07, 6.45) is 7.61. The molecule has 2 aliphatic heterocycles. The van der Waals surface area contributed by atoms with E-state index in [9.17, 15) is 0 Å². The summed E-state index contributed by atoms with van der Waals surface area (Å²) in [5.74, 6) is 1.15. The van der Waals surface area contributed by atoms with Gasteiger partial charge in [0, 0.05) is 24.7 Å². The third kappa shape index (κ3) is 8.08. The van der Waals surface area contributed by atoms with Gasteiger partial charge in [-0.15, -0.1) is 0 Å². The van der Waals surface area contributed by atoms with Gasteiger partial charge in [-0.1, -0.05) is 122 Å². The zero-order valence-corrected chi connectivity index (χ0v) is 26.3. The molecule has 0 amide bonds. The second-order valence-electron chi connectivity index (χ2n) is 12.9. The van der Waals surface area contributed by atoms with Crippen molar-refractivity contribution in [1.29, 1.82) is 0 Å². The first-order valence-electron chi connectivity index (χ1n) is 16.9. The van der Waals surface area contributed by atoms with E-state index in [-0.39, 0.29) is 0 Å². The molecule has 0 saturated carbocycles. The molecule has 0 aliphatic carbocycles. The van der Waals surface area contributed by atoms with Crippen molar-refractivity contribution in [3.8, 4) is 0 Å². The Morgan fingerprint density at radius 2 is 1.27 bits per heavy atom. The van der Waals surface area contributed by atoms with Crippen molar-refractivity contribution in [3.63, 3.8) is 0 Å². The highest BCUT2D eigenvalue weighted by Crippen LogP contribution is 2.30. The fraction of sp³-hybridized carbons (Fsp3) is 0.366. The second kappa shape index (κ2) is 15.4. The van der Waals surface area contributed by atoms with Gasteiger partial charge in [0.25, 0.3) is 0 Å². The van der Waals surface area contributed by atoms with Gasteiger partial charge in [-0.2, -0.15) is 0 Å². The summed E-state index contributed by atoms with van der Waals surface area (Å²) in [7, 11) is 0. The van der Waals surface area contributed by atoms with Crippen LogP contribution < -0.4 is 5.32 Å². The van der Waals surface area contributed by atoms with E-state index < -0.39 is 0 Å². The predicted molar refractivity (Wildman–Crippen MR) is 186 cm³/mol. The van der Waals surface area contributed by atoms with Gasteiger partial charge in [-0.3, -0.25) is 4.90 Å². The van der Waals surface area contributed by atoms with Gasteiger partial charge >= 0.3 is 0 Å². The number of nitrogens with one attached hydrogen (secondary N) is 1. The van der Waals surface area contributed by atoms with E-state index in [1.165, 1.54) is 86.1 Å². The lowest BCUT2D eigenvalue weighted by Crippen LogP contribution is -2.38. The maximum Gasteiger partial charge on any atom is 0.0520 e. The lowest BCUT2D eigenvalue weighted by atomic mass is 9.87. The summed E-state index contributed by atoms with van der Waals surface area (Å²) < 4.78 is 0. The molecule has 2 heterocycles. The minimum atomic E-state index is 0.380. The maximum absolute atomic E-state index is 4.47. The van der Waals surface area contributed by atoms with Crippen molar-refractivity contribution >= 4 is 5.70 Å². The van der Waals surface area contributed by atoms with E-state index in [2.05, 4.69) is 137 Å². The van der Waals surface area contributed by atoms with Gasteiger partial charge in [0.15, 0.2) is 0 Å². The molecule has 3 nitrogen and oxygen atoms in total. The maximum atomic E-state index is 4.47. The van der Waals surface area contributed by atoms with E-state index in [0.29, 0.717) is 12.0 Å². The van der Waals surface area contributed by atoms with Crippen LogP contribution in [-0.4, -0.2) is 49.1 Å². The highest BCUT2D eigenvalue weighted by molar-refractivity contribution is 5.62. The SMILES string of the molecule is C=C(NCC(c1ccccc1)N1CCCCC1)c1cccc(CC2CCN(CC(c3ccccc3)c3ccccc3)CC2)c1. The summed E-state index contributed by atoms with van der Waals surface area (Å²) in [6.45, 7) is 11.2. The first kappa shape index (κ1) is 30.4. The smallest absolute Gasteiger partial charge is 0.0520 e. The Morgan fingerprint density at radius 3 is 1.89 bits per heavy atom. The molecule has 0 bridgehead atoms. The Labute approximate surface area is 265 Å². The fourth-order valence-corrected chi connectivity index (χ4v) is 7.31. The van der Waals surface area contributed by atoms with Crippen LogP contribution in [0.1, 0.15) is 71.9 Å². The molecule has 2 saturated heterocycles. The number of nitrogens with zero attached hydrogens (tertiary/aromatic N) is 2. The molecule has 1 atom stereocenters. The molecule has 228 valence electrons.